The molecular formula is C48H41BN2S. The van der Waals surface area contributed by atoms with Crippen molar-refractivity contribution in [1.29, 1.82) is 0 Å². The average Bonchev–Trinajstić information content (AvgIpc) is 3.16. The highest BCUT2D eigenvalue weighted by molar-refractivity contribution is 8.33. The van der Waals surface area contributed by atoms with Crippen LogP contribution in [0.3, 0.4) is 0 Å². The third kappa shape index (κ3) is 3.64. The van der Waals surface area contributed by atoms with Crippen molar-refractivity contribution in [2.45, 2.75) is 48.3 Å². The Balaban J connectivity index is 1.33. The summed E-state index contributed by atoms with van der Waals surface area (Å²) in [5.74, 6) is 0. The molecule has 3 heterocycles. The molecule has 0 amide bonds. The van der Waals surface area contributed by atoms with Gasteiger partial charge in [-0.25, -0.2) is 0 Å². The van der Waals surface area contributed by atoms with E-state index in [2.05, 4.69) is 189 Å². The summed E-state index contributed by atoms with van der Waals surface area (Å²) in [6.07, 6.45) is 4.97. The van der Waals surface area contributed by atoms with Crippen molar-refractivity contribution in [3.8, 4) is 11.1 Å². The van der Waals surface area contributed by atoms with E-state index < -0.39 is 10.0 Å². The summed E-state index contributed by atoms with van der Waals surface area (Å²) in [7, 11) is -1.27. The summed E-state index contributed by atoms with van der Waals surface area (Å²) in [6.45, 7) is 9.71. The SMILES string of the molecule is CC1(C)c2ccccc2C(C)(C)c2cc3c(cc21)-c1c2c(cc4ccccc14)N1c4ccccc4S(C)(C)c4cccc(c41)B2N3c1ccccc1. The van der Waals surface area contributed by atoms with Crippen molar-refractivity contribution in [1.82, 2.24) is 0 Å². The second kappa shape index (κ2) is 10.0. The lowest BCUT2D eigenvalue weighted by Crippen LogP contribution is -2.62. The Morgan fingerprint density at radius 3 is 1.94 bits per heavy atom. The number of hydrogen-bond acceptors (Lipinski definition) is 2. The van der Waals surface area contributed by atoms with Crippen LogP contribution in [0.15, 0.2) is 149 Å². The highest BCUT2D eigenvalue weighted by Crippen LogP contribution is 2.68. The lowest BCUT2D eigenvalue weighted by Gasteiger charge is -2.52. The maximum absolute atomic E-state index is 2.69. The van der Waals surface area contributed by atoms with Crippen LogP contribution in [-0.2, 0) is 10.8 Å². The van der Waals surface area contributed by atoms with Crippen LogP contribution in [0.25, 0.3) is 21.9 Å². The number of benzene rings is 7. The predicted octanol–water partition coefficient (Wildman–Crippen LogP) is 11.3. The zero-order valence-electron chi connectivity index (χ0n) is 30.7. The summed E-state index contributed by atoms with van der Waals surface area (Å²) >= 11 is 0. The van der Waals surface area contributed by atoms with Crippen LogP contribution in [0, 0.1) is 0 Å². The van der Waals surface area contributed by atoms with Gasteiger partial charge in [0.25, 0.3) is 0 Å². The maximum atomic E-state index is 2.69. The van der Waals surface area contributed by atoms with Crippen molar-refractivity contribution in [3.05, 3.63) is 162 Å². The van der Waals surface area contributed by atoms with Crippen LogP contribution in [0.2, 0.25) is 0 Å². The quantitative estimate of drug-likeness (QED) is 0.158. The molecular weight excluding hydrogens is 647 g/mol. The van der Waals surface area contributed by atoms with E-state index in [1.807, 2.05) is 0 Å². The van der Waals surface area contributed by atoms with Gasteiger partial charge in [-0.1, -0.05) is 119 Å². The number of rotatable bonds is 1. The number of para-hydroxylation sites is 3. The highest BCUT2D eigenvalue weighted by atomic mass is 32.3. The molecule has 0 aromatic heterocycles. The average molecular weight is 689 g/mol. The number of hydrogen-bond donors (Lipinski definition) is 0. The minimum Gasteiger partial charge on any atom is -0.376 e. The van der Waals surface area contributed by atoms with Gasteiger partial charge in [0.1, 0.15) is 0 Å². The van der Waals surface area contributed by atoms with Gasteiger partial charge < -0.3 is 9.71 Å². The molecule has 0 fully saturated rings. The highest BCUT2D eigenvalue weighted by Gasteiger charge is 2.50. The monoisotopic (exact) mass is 688 g/mol. The Hall–Kier alpha value is -5.19. The minimum atomic E-state index is -1.27. The summed E-state index contributed by atoms with van der Waals surface area (Å²) in [5.41, 5.74) is 17.4. The molecule has 0 spiro atoms. The molecule has 0 saturated heterocycles. The molecule has 1 aliphatic carbocycles. The Morgan fingerprint density at radius 2 is 1.17 bits per heavy atom. The summed E-state index contributed by atoms with van der Waals surface area (Å²) in [4.78, 5) is 8.24. The van der Waals surface area contributed by atoms with Gasteiger partial charge in [0, 0.05) is 43.2 Å². The first kappa shape index (κ1) is 30.4. The largest absolute Gasteiger partial charge is 0.376 e. The van der Waals surface area contributed by atoms with E-state index in [0.29, 0.717) is 0 Å². The molecule has 4 aliphatic rings. The molecule has 52 heavy (non-hydrogen) atoms. The van der Waals surface area contributed by atoms with Crippen LogP contribution in [0.5, 0.6) is 0 Å². The Bertz CT molecular complexity index is 2690. The molecule has 0 atom stereocenters. The van der Waals surface area contributed by atoms with Gasteiger partial charge in [-0.05, 0) is 111 Å². The van der Waals surface area contributed by atoms with Gasteiger partial charge in [-0.15, -0.1) is 0 Å². The van der Waals surface area contributed by atoms with Crippen LogP contribution in [-0.4, -0.2) is 19.4 Å². The zero-order valence-corrected chi connectivity index (χ0v) is 31.5. The lowest BCUT2D eigenvalue weighted by molar-refractivity contribution is 0.521. The standard InChI is InChI=1S/C48H41BN2S/c1-47(2)34-21-12-13-22-35(34)48(3,4)37-29-40-33(28-36(37)47)44-32-20-11-10-17-30(32)27-41-45(44)49(51(40)31-18-8-7-9-19-31)38-23-16-26-43-46(38)50(41)39-24-14-15-25-42(39)52(43,5)6/h7-29H,1-6H3. The molecule has 0 N–H and O–H groups in total. The smallest absolute Gasteiger partial charge is 0.333 e. The molecule has 252 valence electrons. The first-order chi connectivity index (χ1) is 25.1. The maximum Gasteiger partial charge on any atom is 0.333 e. The van der Waals surface area contributed by atoms with Gasteiger partial charge in [-0.3, -0.25) is 0 Å². The topological polar surface area (TPSA) is 6.48 Å². The number of nitrogens with zero attached hydrogens (tertiary/aromatic N) is 2. The molecule has 11 rings (SSSR count). The predicted molar refractivity (Wildman–Crippen MR) is 224 cm³/mol. The van der Waals surface area contributed by atoms with E-state index >= 15 is 0 Å². The normalized spacial score (nSPS) is 18.0. The molecule has 0 radical (unpaired) electrons. The van der Waals surface area contributed by atoms with E-state index in [4.69, 9.17) is 0 Å². The van der Waals surface area contributed by atoms with Crippen LogP contribution in [0.4, 0.5) is 28.4 Å². The van der Waals surface area contributed by atoms with Crippen LogP contribution < -0.4 is 20.6 Å². The molecule has 2 nitrogen and oxygen atoms in total. The first-order valence-corrected chi connectivity index (χ1v) is 21.0. The zero-order chi connectivity index (χ0) is 35.3. The number of fused-ring (bicyclic) bond motifs is 10. The van der Waals surface area contributed by atoms with Crippen molar-refractivity contribution >= 4 is 67.0 Å². The van der Waals surface area contributed by atoms with E-state index in [1.165, 1.54) is 93.3 Å². The minimum absolute atomic E-state index is 0.00113. The molecule has 0 bridgehead atoms. The van der Waals surface area contributed by atoms with Gasteiger partial charge in [0.15, 0.2) is 0 Å². The summed E-state index contributed by atoms with van der Waals surface area (Å²) in [6, 6.07) is 53.4. The fourth-order valence-electron chi connectivity index (χ4n) is 10.4. The Labute approximate surface area is 309 Å². The molecule has 3 aliphatic heterocycles. The fourth-order valence-corrected chi connectivity index (χ4v) is 12.8. The van der Waals surface area contributed by atoms with E-state index in [9.17, 15) is 0 Å². The summed E-state index contributed by atoms with van der Waals surface area (Å²) in [5, 5.41) is 2.61. The van der Waals surface area contributed by atoms with Crippen LogP contribution in [0.1, 0.15) is 49.9 Å². The molecule has 0 saturated carbocycles. The van der Waals surface area contributed by atoms with E-state index in [0.717, 1.165) is 0 Å². The third-order valence-electron chi connectivity index (χ3n) is 12.9. The fraction of sp³-hybridized carbons (Fsp3) is 0.167. The molecule has 4 heteroatoms. The Morgan fingerprint density at radius 1 is 0.538 bits per heavy atom. The van der Waals surface area contributed by atoms with Crippen molar-refractivity contribution in [2.75, 3.05) is 22.2 Å². The van der Waals surface area contributed by atoms with Gasteiger partial charge >= 0.3 is 6.85 Å². The van der Waals surface area contributed by atoms with Gasteiger partial charge in [0.2, 0.25) is 0 Å². The van der Waals surface area contributed by atoms with Crippen molar-refractivity contribution < 1.29 is 0 Å². The molecule has 7 aromatic rings. The van der Waals surface area contributed by atoms with Crippen molar-refractivity contribution in [3.63, 3.8) is 0 Å². The lowest BCUT2D eigenvalue weighted by atomic mass is 9.43. The first-order valence-electron chi connectivity index (χ1n) is 18.5. The Kier molecular flexibility index (Phi) is 5.87. The summed E-state index contributed by atoms with van der Waals surface area (Å²) < 4.78 is 0. The second-order valence-electron chi connectivity index (χ2n) is 16.5. The molecule has 0 unspecified atom stereocenters. The van der Waals surface area contributed by atoms with Crippen LogP contribution >= 0.6 is 10.0 Å². The third-order valence-corrected chi connectivity index (χ3v) is 15.8. The van der Waals surface area contributed by atoms with E-state index in [1.54, 1.807) is 0 Å². The van der Waals surface area contributed by atoms with Gasteiger partial charge in [-0.2, -0.15) is 10.0 Å². The van der Waals surface area contributed by atoms with Gasteiger partial charge in [0.05, 0.1) is 11.4 Å². The van der Waals surface area contributed by atoms with E-state index in [-0.39, 0.29) is 17.7 Å². The van der Waals surface area contributed by atoms with Crippen molar-refractivity contribution in [2.24, 2.45) is 0 Å². The molecule has 7 aromatic carbocycles. The number of anilines is 5. The second-order valence-corrected chi connectivity index (χ2v) is 20.1.